The van der Waals surface area contributed by atoms with Crippen molar-refractivity contribution in [2.45, 2.75) is 12.5 Å². The molecule has 1 amide bonds. The Morgan fingerprint density at radius 3 is 2.53 bits per heavy atom. The minimum atomic E-state index is -1.19. The van der Waals surface area contributed by atoms with Gasteiger partial charge >= 0.3 is 5.97 Å². The number of hydrogen-bond donors (Lipinski definition) is 2. The molecule has 7 heteroatoms. The highest BCUT2D eigenvalue weighted by molar-refractivity contribution is 6.36. The summed E-state index contributed by atoms with van der Waals surface area (Å²) in [6, 6.07) is 6.05. The van der Waals surface area contributed by atoms with Crippen LogP contribution in [0, 0.1) is 0 Å². The zero-order chi connectivity index (χ0) is 14.0. The molecule has 7 nitrogen and oxygen atoms in total. The van der Waals surface area contributed by atoms with E-state index in [1.54, 1.807) is 12.1 Å². The van der Waals surface area contributed by atoms with Crippen molar-refractivity contribution in [1.82, 2.24) is 0 Å². The second-order valence-corrected chi connectivity index (χ2v) is 4.05. The highest BCUT2D eigenvalue weighted by atomic mass is 16.6. The van der Waals surface area contributed by atoms with Gasteiger partial charge in [0.1, 0.15) is 5.75 Å². The predicted molar refractivity (Wildman–Crippen MR) is 66.1 cm³/mol. The van der Waals surface area contributed by atoms with E-state index in [2.05, 4.69) is 5.16 Å². The van der Waals surface area contributed by atoms with E-state index in [4.69, 9.17) is 9.94 Å². The fraction of sp³-hybridized carbons (Fsp3) is 0.250. The first-order chi connectivity index (χ1) is 8.99. The van der Waals surface area contributed by atoms with Crippen LogP contribution in [0.25, 0.3) is 0 Å². The van der Waals surface area contributed by atoms with E-state index < -0.39 is 18.0 Å². The highest BCUT2D eigenvalue weighted by Crippen LogP contribution is 2.20. The minimum absolute atomic E-state index is 0.0589. The summed E-state index contributed by atoms with van der Waals surface area (Å²) in [6.07, 6.45) is -0.985. The number of benzene rings is 1. The molecule has 2 rings (SSSR count). The first kappa shape index (κ1) is 12.9. The van der Waals surface area contributed by atoms with Crippen molar-refractivity contribution in [3.63, 3.8) is 0 Å². The number of oxime groups is 1. The summed E-state index contributed by atoms with van der Waals surface area (Å²) < 4.78 is 0. The van der Waals surface area contributed by atoms with Crippen molar-refractivity contribution < 1.29 is 24.6 Å². The number of phenolic OH excluding ortho intramolecular Hbond substituents is 1. The maximum Gasteiger partial charge on any atom is 0.353 e. The molecule has 0 radical (unpaired) electrons. The number of likely N-dealkylation sites (N-methyl/N-ethyl adjacent to an activating group) is 1. The van der Waals surface area contributed by atoms with E-state index in [-0.39, 0.29) is 17.9 Å². The molecule has 19 heavy (non-hydrogen) atoms. The molecule has 0 saturated heterocycles. The van der Waals surface area contributed by atoms with Gasteiger partial charge in [0.25, 0.3) is 5.91 Å². The van der Waals surface area contributed by atoms with Crippen LogP contribution in [0.4, 0.5) is 5.69 Å². The minimum Gasteiger partial charge on any atom is -0.508 e. The summed E-state index contributed by atoms with van der Waals surface area (Å²) in [5, 5.41) is 21.3. The number of anilines is 1. The molecule has 1 aliphatic heterocycles. The Morgan fingerprint density at radius 1 is 1.37 bits per heavy atom. The number of carbonyl (C=O) groups excluding carboxylic acids is 1. The molecule has 100 valence electrons. The smallest absolute Gasteiger partial charge is 0.353 e. The third-order valence-electron chi connectivity index (χ3n) is 2.76. The fourth-order valence-electron chi connectivity index (χ4n) is 1.66. The Labute approximate surface area is 108 Å². The largest absolute Gasteiger partial charge is 0.508 e. The van der Waals surface area contributed by atoms with Crippen LogP contribution in [0.3, 0.4) is 0 Å². The normalized spacial score (nSPS) is 17.5. The second-order valence-electron chi connectivity index (χ2n) is 4.05. The Hall–Kier alpha value is -2.57. The predicted octanol–water partition coefficient (Wildman–Crippen LogP) is 0.585. The molecule has 0 bridgehead atoms. The number of phenols is 1. The van der Waals surface area contributed by atoms with Crippen LogP contribution >= 0.6 is 0 Å². The molecule has 0 fully saturated rings. The third-order valence-corrected chi connectivity index (χ3v) is 2.76. The molecule has 0 aromatic heterocycles. The number of hydrogen-bond acceptors (Lipinski definition) is 5. The van der Waals surface area contributed by atoms with Gasteiger partial charge in [-0.15, -0.1) is 0 Å². The topological polar surface area (TPSA) is 99.4 Å². The van der Waals surface area contributed by atoms with Crippen molar-refractivity contribution in [2.75, 3.05) is 11.9 Å². The summed E-state index contributed by atoms with van der Waals surface area (Å²) in [6.45, 7) is 0. The van der Waals surface area contributed by atoms with Crippen molar-refractivity contribution >= 4 is 23.3 Å². The van der Waals surface area contributed by atoms with Gasteiger partial charge in [0.15, 0.2) is 5.71 Å². The van der Waals surface area contributed by atoms with E-state index in [1.807, 2.05) is 0 Å². The quantitative estimate of drug-likeness (QED) is 0.832. The number of aliphatic carboxylic acids is 1. The van der Waals surface area contributed by atoms with Crippen LogP contribution in [0.15, 0.2) is 29.4 Å². The van der Waals surface area contributed by atoms with Crippen LogP contribution in [-0.4, -0.2) is 41.0 Å². The highest BCUT2D eigenvalue weighted by Gasteiger charge is 2.33. The molecule has 0 saturated carbocycles. The molecule has 1 atom stereocenters. The summed E-state index contributed by atoms with van der Waals surface area (Å²) in [5.74, 6) is -1.49. The van der Waals surface area contributed by atoms with Gasteiger partial charge in [-0.2, -0.15) is 0 Å². The van der Waals surface area contributed by atoms with E-state index >= 15 is 0 Å². The van der Waals surface area contributed by atoms with Gasteiger partial charge in [0, 0.05) is 19.2 Å². The zero-order valence-corrected chi connectivity index (χ0v) is 10.1. The average molecular weight is 264 g/mol. The lowest BCUT2D eigenvalue weighted by Crippen LogP contribution is -2.37. The van der Waals surface area contributed by atoms with E-state index in [9.17, 15) is 14.7 Å². The summed E-state index contributed by atoms with van der Waals surface area (Å²) in [4.78, 5) is 28.9. The molecule has 1 heterocycles. The Bertz CT molecular complexity index is 538. The van der Waals surface area contributed by atoms with Crippen LogP contribution < -0.4 is 4.90 Å². The molecule has 2 N–H and O–H groups in total. The number of carboxylic acid groups (broad SMARTS) is 1. The van der Waals surface area contributed by atoms with Gasteiger partial charge in [-0.1, -0.05) is 5.16 Å². The maximum absolute atomic E-state index is 12.1. The molecule has 1 unspecified atom stereocenters. The van der Waals surface area contributed by atoms with Gasteiger partial charge in [-0.05, 0) is 24.3 Å². The molecule has 0 aliphatic carbocycles. The van der Waals surface area contributed by atoms with Gasteiger partial charge in [-0.25, -0.2) is 4.79 Å². The number of aromatic hydroxyl groups is 1. The lowest BCUT2D eigenvalue weighted by molar-refractivity contribution is -0.129. The average Bonchev–Trinajstić information content (AvgIpc) is 2.87. The summed E-state index contributed by atoms with van der Waals surface area (Å²) in [5.41, 5.74) is 0.396. The molecule has 1 aliphatic rings. The van der Waals surface area contributed by atoms with Crippen LogP contribution in [0.5, 0.6) is 5.75 Å². The van der Waals surface area contributed by atoms with Gasteiger partial charge in [0.05, 0.1) is 0 Å². The lowest BCUT2D eigenvalue weighted by atomic mass is 10.1. The number of carbonyl (C=O) groups is 2. The summed E-state index contributed by atoms with van der Waals surface area (Å²) >= 11 is 0. The van der Waals surface area contributed by atoms with Crippen molar-refractivity contribution in [2.24, 2.45) is 5.16 Å². The SMILES string of the molecule is CN(C(=O)C1CC(C(=O)O)=NO1)c1ccc(O)cc1. The fourth-order valence-corrected chi connectivity index (χ4v) is 1.66. The number of carboxylic acids is 1. The van der Waals surface area contributed by atoms with Gasteiger partial charge < -0.3 is 20.0 Å². The van der Waals surface area contributed by atoms with Crippen molar-refractivity contribution in [3.05, 3.63) is 24.3 Å². The van der Waals surface area contributed by atoms with Crippen LogP contribution in [0.1, 0.15) is 6.42 Å². The lowest BCUT2D eigenvalue weighted by Gasteiger charge is -2.19. The summed E-state index contributed by atoms with van der Waals surface area (Å²) in [7, 11) is 1.54. The van der Waals surface area contributed by atoms with Crippen LogP contribution in [-0.2, 0) is 14.4 Å². The Kier molecular flexibility index (Phi) is 3.37. The van der Waals surface area contributed by atoms with Gasteiger partial charge in [0.2, 0.25) is 6.10 Å². The Balaban J connectivity index is 2.05. The second kappa shape index (κ2) is 4.97. The number of amides is 1. The molecular formula is C12H12N2O5. The van der Waals surface area contributed by atoms with Crippen molar-refractivity contribution in [1.29, 1.82) is 0 Å². The Morgan fingerprint density at radius 2 is 2.00 bits per heavy atom. The molecule has 1 aromatic rings. The first-order valence-corrected chi connectivity index (χ1v) is 5.51. The van der Waals surface area contributed by atoms with E-state index in [1.165, 1.54) is 24.1 Å². The standard InChI is InChI=1S/C12H12N2O5/c1-14(7-2-4-8(15)5-3-7)11(16)10-6-9(12(17)18)13-19-10/h2-5,10,15H,6H2,1H3,(H,17,18). The first-order valence-electron chi connectivity index (χ1n) is 5.51. The van der Waals surface area contributed by atoms with E-state index in [0.29, 0.717) is 5.69 Å². The number of nitrogens with zero attached hydrogens (tertiary/aromatic N) is 2. The van der Waals surface area contributed by atoms with E-state index in [0.717, 1.165) is 0 Å². The third kappa shape index (κ3) is 2.65. The number of rotatable bonds is 3. The molecule has 1 aromatic carbocycles. The molecular weight excluding hydrogens is 252 g/mol. The van der Waals surface area contributed by atoms with Crippen LogP contribution in [0.2, 0.25) is 0 Å². The van der Waals surface area contributed by atoms with Gasteiger partial charge in [-0.3, -0.25) is 4.79 Å². The monoisotopic (exact) mass is 264 g/mol. The van der Waals surface area contributed by atoms with Crippen molar-refractivity contribution in [3.8, 4) is 5.75 Å². The zero-order valence-electron chi connectivity index (χ0n) is 10.1. The maximum atomic E-state index is 12.1. The molecule has 0 spiro atoms.